The number of hydrogen-bond donors (Lipinski definition) is 3. The van der Waals surface area contributed by atoms with E-state index < -0.39 is 23.9 Å². The molecule has 0 saturated carbocycles. The van der Waals surface area contributed by atoms with Gasteiger partial charge in [0, 0.05) is 43.9 Å². The highest BCUT2D eigenvalue weighted by Gasteiger charge is 2.25. The van der Waals surface area contributed by atoms with Crippen LogP contribution in [0.25, 0.3) is 0 Å². The van der Waals surface area contributed by atoms with E-state index in [-0.39, 0.29) is 49.3 Å². The van der Waals surface area contributed by atoms with E-state index in [1.54, 1.807) is 50.1 Å². The first-order valence-electron chi connectivity index (χ1n) is 14.7. The van der Waals surface area contributed by atoms with Gasteiger partial charge in [-0.25, -0.2) is 4.79 Å². The molecule has 2 rings (SSSR count). The van der Waals surface area contributed by atoms with Crippen LogP contribution >= 0.6 is 0 Å². The summed E-state index contributed by atoms with van der Waals surface area (Å²) in [5.74, 6) is -1.75. The van der Waals surface area contributed by atoms with Gasteiger partial charge < -0.3 is 25.6 Å². The third kappa shape index (κ3) is 11.5. The van der Waals surface area contributed by atoms with Gasteiger partial charge in [-0.1, -0.05) is 46.2 Å². The van der Waals surface area contributed by atoms with Crippen molar-refractivity contribution >= 4 is 41.3 Å². The lowest BCUT2D eigenvalue weighted by Gasteiger charge is -2.27. The Labute approximate surface area is 253 Å². The molecule has 0 radical (unpaired) electrons. The maximum atomic E-state index is 12.7. The summed E-state index contributed by atoms with van der Waals surface area (Å²) in [6, 6.07) is 6.06. The van der Waals surface area contributed by atoms with Crippen molar-refractivity contribution in [2.45, 2.75) is 79.0 Å². The molecule has 0 saturated heterocycles. The number of nitrogens with one attached hydrogen (secondary N) is 3. The quantitative estimate of drug-likeness (QED) is 0.195. The molecule has 2 atom stereocenters. The Hall–Kier alpha value is -4.22. The van der Waals surface area contributed by atoms with E-state index in [2.05, 4.69) is 16.0 Å². The summed E-state index contributed by atoms with van der Waals surface area (Å²) < 4.78 is 5.37. The van der Waals surface area contributed by atoms with Gasteiger partial charge in [-0.15, -0.1) is 0 Å². The Morgan fingerprint density at radius 2 is 1.49 bits per heavy atom. The van der Waals surface area contributed by atoms with Crippen LogP contribution in [0.2, 0.25) is 0 Å². The van der Waals surface area contributed by atoms with Gasteiger partial charge in [0.05, 0.1) is 6.54 Å². The number of nitrogens with zero attached hydrogens (tertiary/aromatic N) is 2. The summed E-state index contributed by atoms with van der Waals surface area (Å²) in [6.07, 6.45) is 4.04. The highest BCUT2D eigenvalue weighted by atomic mass is 16.6. The number of amides is 6. The van der Waals surface area contributed by atoms with Crippen LogP contribution in [0.4, 0.5) is 10.5 Å². The summed E-state index contributed by atoms with van der Waals surface area (Å²) in [4.78, 5) is 75.7. The summed E-state index contributed by atoms with van der Waals surface area (Å²) in [5.41, 5.74) is 1.28. The zero-order valence-electron chi connectivity index (χ0n) is 26.0. The minimum atomic E-state index is -0.809. The van der Waals surface area contributed by atoms with Crippen molar-refractivity contribution in [3.05, 3.63) is 42.0 Å². The lowest BCUT2D eigenvalue weighted by molar-refractivity contribution is -0.137. The number of rotatable bonds is 16. The van der Waals surface area contributed by atoms with Gasteiger partial charge >= 0.3 is 6.09 Å². The minimum Gasteiger partial charge on any atom is -0.445 e. The monoisotopic (exact) mass is 599 g/mol. The lowest BCUT2D eigenvalue weighted by atomic mass is 10.0. The van der Waals surface area contributed by atoms with E-state index in [4.69, 9.17) is 4.74 Å². The fourth-order valence-electron chi connectivity index (χ4n) is 4.19. The second-order valence-corrected chi connectivity index (χ2v) is 11.4. The van der Waals surface area contributed by atoms with Gasteiger partial charge in [0.15, 0.2) is 0 Å². The van der Waals surface area contributed by atoms with Crippen LogP contribution in [0.15, 0.2) is 36.4 Å². The molecule has 1 heterocycles. The van der Waals surface area contributed by atoms with Crippen LogP contribution in [0.5, 0.6) is 0 Å². The highest BCUT2D eigenvalue weighted by molar-refractivity contribution is 6.12. The van der Waals surface area contributed by atoms with Crippen LogP contribution in [-0.2, 0) is 35.3 Å². The molecule has 1 aliphatic heterocycles. The van der Waals surface area contributed by atoms with E-state index >= 15 is 0 Å². The van der Waals surface area contributed by atoms with Gasteiger partial charge in [-0.3, -0.25) is 28.9 Å². The topological polar surface area (TPSA) is 154 Å². The standard InChI is InChI=1S/C31H45N5O7/c1-20(2)22(5)35(6)31(42)43-19-23-11-13-24(14-12-23)33-26(38)18-32-30(41)29(21(3)4)34-25(37)10-8-7-9-17-36-27(39)15-16-28(36)40/h11-16,20-22,29H,7-10,17-19H2,1-6H3,(H,32,41)(H,33,38)(H,34,37). The molecule has 3 N–H and O–H groups in total. The van der Waals surface area contributed by atoms with E-state index in [9.17, 15) is 28.8 Å². The SMILES string of the molecule is CC(C)C(NC(=O)CCCCCN1C(=O)C=CC1=O)C(=O)NCC(=O)Nc1ccc(COC(=O)N(C)C(C)C(C)C)cc1. The molecule has 0 aliphatic carbocycles. The van der Waals surface area contributed by atoms with E-state index in [1.165, 1.54) is 17.1 Å². The fourth-order valence-corrected chi connectivity index (χ4v) is 4.19. The molecule has 1 aliphatic rings. The molecule has 12 heteroatoms. The number of ether oxygens (including phenoxy) is 1. The number of carbonyl (C=O) groups excluding carboxylic acids is 6. The minimum absolute atomic E-state index is 0.0417. The summed E-state index contributed by atoms with van der Waals surface area (Å²) in [5, 5.41) is 8.01. The summed E-state index contributed by atoms with van der Waals surface area (Å²) in [7, 11) is 1.70. The van der Waals surface area contributed by atoms with Crippen molar-refractivity contribution in [1.82, 2.24) is 20.4 Å². The molecule has 236 valence electrons. The first-order valence-corrected chi connectivity index (χ1v) is 14.7. The number of unbranched alkanes of at least 4 members (excludes halogenated alkanes) is 2. The van der Waals surface area contributed by atoms with Crippen molar-refractivity contribution in [1.29, 1.82) is 0 Å². The van der Waals surface area contributed by atoms with Crippen LogP contribution < -0.4 is 16.0 Å². The molecular weight excluding hydrogens is 554 g/mol. The third-order valence-corrected chi connectivity index (χ3v) is 7.34. The predicted octanol–water partition coefficient (Wildman–Crippen LogP) is 2.98. The van der Waals surface area contributed by atoms with Crippen molar-refractivity contribution < 1.29 is 33.5 Å². The first kappa shape index (κ1) is 35.0. The molecule has 6 amide bonds. The molecule has 43 heavy (non-hydrogen) atoms. The van der Waals surface area contributed by atoms with Gasteiger partial charge in [0.1, 0.15) is 12.6 Å². The van der Waals surface area contributed by atoms with E-state index in [1.807, 2.05) is 20.8 Å². The number of imide groups is 1. The second-order valence-electron chi connectivity index (χ2n) is 11.4. The smallest absolute Gasteiger partial charge is 0.410 e. The Kier molecular flexibility index (Phi) is 13.9. The summed E-state index contributed by atoms with van der Waals surface area (Å²) >= 11 is 0. The molecule has 0 fully saturated rings. The largest absolute Gasteiger partial charge is 0.445 e. The van der Waals surface area contributed by atoms with Crippen LogP contribution in [-0.4, -0.2) is 77.6 Å². The van der Waals surface area contributed by atoms with Crippen molar-refractivity contribution in [3.63, 3.8) is 0 Å². The maximum Gasteiger partial charge on any atom is 0.410 e. The van der Waals surface area contributed by atoms with E-state index in [0.717, 1.165) is 5.56 Å². The molecule has 1 aromatic carbocycles. The molecule has 2 unspecified atom stereocenters. The van der Waals surface area contributed by atoms with Crippen molar-refractivity contribution in [3.8, 4) is 0 Å². The molecule has 0 aromatic heterocycles. The number of benzene rings is 1. The first-order chi connectivity index (χ1) is 20.3. The lowest BCUT2D eigenvalue weighted by Crippen LogP contribution is -2.51. The van der Waals surface area contributed by atoms with Crippen LogP contribution in [0.1, 0.15) is 65.9 Å². The average molecular weight is 600 g/mol. The number of carbonyl (C=O) groups is 6. The Morgan fingerprint density at radius 1 is 0.860 bits per heavy atom. The average Bonchev–Trinajstić information content (AvgIpc) is 3.29. The molecule has 0 bridgehead atoms. The van der Waals surface area contributed by atoms with E-state index in [0.29, 0.717) is 37.4 Å². The van der Waals surface area contributed by atoms with Gasteiger partial charge in [-0.2, -0.15) is 0 Å². The Morgan fingerprint density at radius 3 is 2.07 bits per heavy atom. The number of anilines is 1. The molecule has 12 nitrogen and oxygen atoms in total. The van der Waals surface area contributed by atoms with Crippen molar-refractivity contribution in [2.24, 2.45) is 11.8 Å². The predicted molar refractivity (Wildman–Crippen MR) is 161 cm³/mol. The third-order valence-electron chi connectivity index (χ3n) is 7.34. The number of hydrogen-bond acceptors (Lipinski definition) is 7. The second kappa shape index (κ2) is 17.0. The van der Waals surface area contributed by atoms with Gasteiger partial charge in [-0.05, 0) is 49.3 Å². The normalized spacial score (nSPS) is 14.1. The van der Waals surface area contributed by atoms with Crippen LogP contribution in [0.3, 0.4) is 0 Å². The van der Waals surface area contributed by atoms with Gasteiger partial charge in [0.2, 0.25) is 17.7 Å². The Balaban J connectivity index is 1.71. The maximum absolute atomic E-state index is 12.7. The highest BCUT2D eigenvalue weighted by Crippen LogP contribution is 2.14. The molecule has 1 aromatic rings. The zero-order valence-corrected chi connectivity index (χ0v) is 26.0. The fraction of sp³-hybridized carbons (Fsp3) is 0.548. The molecular formula is C31H45N5O7. The van der Waals surface area contributed by atoms with Gasteiger partial charge in [0.25, 0.3) is 11.8 Å². The van der Waals surface area contributed by atoms with Crippen molar-refractivity contribution in [2.75, 3.05) is 25.5 Å². The molecule has 0 spiro atoms. The zero-order chi connectivity index (χ0) is 32.1. The summed E-state index contributed by atoms with van der Waals surface area (Å²) in [6.45, 7) is 9.74. The van der Waals surface area contributed by atoms with Crippen LogP contribution in [0, 0.1) is 11.8 Å². The Bertz CT molecular complexity index is 1160.